The number of hydrogen-bond acceptors (Lipinski definition) is 4. The van der Waals surface area contributed by atoms with Gasteiger partial charge in [0.25, 0.3) is 10.3 Å². The van der Waals surface area contributed by atoms with Gasteiger partial charge in [0.2, 0.25) is 0 Å². The van der Waals surface area contributed by atoms with Gasteiger partial charge in [0, 0.05) is 16.2 Å². The number of rotatable bonds is 7. The third-order valence-electron chi connectivity index (χ3n) is 2.86. The highest BCUT2D eigenvalue weighted by Crippen LogP contribution is 2.30. The average Bonchev–Trinajstić information content (AvgIpc) is 2.47. The van der Waals surface area contributed by atoms with Gasteiger partial charge in [-0.25, -0.2) is 8.39 Å². The Labute approximate surface area is 137 Å². The molecule has 0 heterocycles. The first-order valence-corrected chi connectivity index (χ1v) is 8.68. The molecule has 22 heavy (non-hydrogen) atoms. The van der Waals surface area contributed by atoms with Gasteiger partial charge < -0.3 is 9.47 Å². The summed E-state index contributed by atoms with van der Waals surface area (Å²) in [5, 5.41) is 0. The topological polar surface area (TPSA) is 44.8 Å². The Kier molecular flexibility index (Phi) is 6.39. The van der Waals surface area contributed by atoms with Crippen LogP contribution in [0, 0.1) is 0 Å². The van der Waals surface area contributed by atoms with Crippen LogP contribution in [0.25, 0.3) is 11.1 Å². The van der Waals surface area contributed by atoms with E-state index < -0.39 is 22.9 Å². The van der Waals surface area contributed by atoms with Crippen molar-refractivity contribution in [3.05, 3.63) is 54.6 Å². The van der Waals surface area contributed by atoms with Crippen molar-refractivity contribution in [3.8, 4) is 16.9 Å². The molecule has 0 aliphatic rings. The molecule has 2 rings (SSSR count). The summed E-state index contributed by atoms with van der Waals surface area (Å²) in [6.07, 6.45) is -1.32. The van der Waals surface area contributed by atoms with Crippen LogP contribution in [0.4, 0.5) is 0 Å². The molecule has 0 saturated carbocycles. The van der Waals surface area contributed by atoms with Gasteiger partial charge in [0.1, 0.15) is 5.75 Å². The molecule has 2 aromatic carbocycles. The van der Waals surface area contributed by atoms with E-state index in [9.17, 15) is 4.21 Å². The van der Waals surface area contributed by atoms with Crippen molar-refractivity contribution in [2.24, 2.45) is 0 Å². The second kappa shape index (κ2) is 8.29. The molecule has 2 aromatic rings. The summed E-state index contributed by atoms with van der Waals surface area (Å²) in [7, 11) is 3.35. The van der Waals surface area contributed by atoms with Crippen LogP contribution in [0.15, 0.2) is 54.6 Å². The lowest BCUT2D eigenvalue weighted by Crippen LogP contribution is -2.24. The van der Waals surface area contributed by atoms with Gasteiger partial charge in [0.05, 0.1) is 0 Å². The van der Waals surface area contributed by atoms with E-state index in [-0.39, 0.29) is 0 Å². The second-order valence-electron chi connectivity index (χ2n) is 4.54. The SMILES string of the molecule is CC(Oc1ccccc1-c1ccccc1)OC(C)OS(=O)Cl. The zero-order valence-electron chi connectivity index (χ0n) is 12.3. The molecular formula is C16H17ClO4S. The molecule has 0 aliphatic carbocycles. The van der Waals surface area contributed by atoms with Crippen LogP contribution < -0.4 is 4.74 Å². The number of halogens is 1. The number of ether oxygens (including phenoxy) is 2. The van der Waals surface area contributed by atoms with E-state index >= 15 is 0 Å². The molecule has 0 radical (unpaired) electrons. The Morgan fingerprint density at radius 2 is 1.59 bits per heavy atom. The van der Waals surface area contributed by atoms with Crippen molar-refractivity contribution in [3.63, 3.8) is 0 Å². The summed E-state index contributed by atoms with van der Waals surface area (Å²) in [4.78, 5) is 0. The van der Waals surface area contributed by atoms with Crippen molar-refractivity contribution >= 4 is 21.0 Å². The maximum atomic E-state index is 10.8. The predicted octanol–water partition coefficient (Wildman–Crippen LogP) is 4.28. The van der Waals surface area contributed by atoms with Gasteiger partial charge in [-0.3, -0.25) is 0 Å². The van der Waals surface area contributed by atoms with E-state index in [4.69, 9.17) is 24.3 Å². The van der Waals surface area contributed by atoms with Crippen molar-refractivity contribution in [1.82, 2.24) is 0 Å². The van der Waals surface area contributed by atoms with Crippen LogP contribution in [0.3, 0.4) is 0 Å². The minimum Gasteiger partial charge on any atom is -0.465 e. The predicted molar refractivity (Wildman–Crippen MR) is 87.6 cm³/mol. The van der Waals surface area contributed by atoms with E-state index in [2.05, 4.69) is 0 Å². The fraction of sp³-hybridized carbons (Fsp3) is 0.250. The molecule has 0 spiro atoms. The molecule has 0 aromatic heterocycles. The lowest BCUT2D eigenvalue weighted by Gasteiger charge is -2.20. The number of para-hydroxylation sites is 1. The second-order valence-corrected chi connectivity index (χ2v) is 5.88. The van der Waals surface area contributed by atoms with Crippen LogP contribution in [-0.2, 0) is 19.2 Å². The Bertz CT molecular complexity index is 621. The molecular weight excluding hydrogens is 324 g/mol. The van der Waals surface area contributed by atoms with Gasteiger partial charge in [-0.05, 0) is 25.5 Å². The van der Waals surface area contributed by atoms with Crippen LogP contribution in [0.1, 0.15) is 13.8 Å². The average molecular weight is 341 g/mol. The molecule has 0 bridgehead atoms. The molecule has 0 saturated heterocycles. The summed E-state index contributed by atoms with van der Waals surface area (Å²) >= 11 is 0. The summed E-state index contributed by atoms with van der Waals surface area (Å²) < 4.78 is 26.8. The van der Waals surface area contributed by atoms with Crippen LogP contribution >= 0.6 is 10.7 Å². The number of benzene rings is 2. The van der Waals surface area contributed by atoms with Crippen molar-refractivity contribution in [2.45, 2.75) is 26.4 Å². The zero-order chi connectivity index (χ0) is 15.9. The lowest BCUT2D eigenvalue weighted by atomic mass is 10.1. The van der Waals surface area contributed by atoms with Gasteiger partial charge in [-0.15, -0.1) is 0 Å². The van der Waals surface area contributed by atoms with E-state index in [1.165, 1.54) is 0 Å². The largest absolute Gasteiger partial charge is 0.465 e. The summed E-state index contributed by atoms with van der Waals surface area (Å²) in [6.45, 7) is 3.34. The van der Waals surface area contributed by atoms with Gasteiger partial charge >= 0.3 is 0 Å². The van der Waals surface area contributed by atoms with Gasteiger partial charge in [0.15, 0.2) is 12.6 Å². The third kappa shape index (κ3) is 5.10. The molecule has 6 heteroatoms. The fourth-order valence-electron chi connectivity index (χ4n) is 2.03. The van der Waals surface area contributed by atoms with Crippen LogP contribution in [0.5, 0.6) is 5.75 Å². The highest BCUT2D eigenvalue weighted by Gasteiger charge is 2.14. The van der Waals surface area contributed by atoms with Crippen LogP contribution in [0.2, 0.25) is 0 Å². The Morgan fingerprint density at radius 1 is 0.955 bits per heavy atom. The first-order valence-electron chi connectivity index (χ1n) is 6.78. The lowest BCUT2D eigenvalue weighted by molar-refractivity contribution is -0.163. The highest BCUT2D eigenvalue weighted by atomic mass is 35.7. The van der Waals surface area contributed by atoms with E-state index in [0.717, 1.165) is 11.1 Å². The maximum Gasteiger partial charge on any atom is 0.258 e. The normalized spacial score (nSPS) is 15.0. The minimum absolute atomic E-state index is 0.583. The van der Waals surface area contributed by atoms with E-state index in [1.54, 1.807) is 13.8 Å². The zero-order valence-corrected chi connectivity index (χ0v) is 13.8. The Morgan fingerprint density at radius 3 is 2.27 bits per heavy atom. The summed E-state index contributed by atoms with van der Waals surface area (Å²) in [5.41, 5.74) is 2.02. The molecule has 3 unspecified atom stereocenters. The standard InChI is InChI=1S/C16H17ClO4S/c1-12(19-13(2)21-22(17)18)20-16-11-7-6-10-15(16)14-8-4-3-5-9-14/h3-13H,1-2H3. The molecule has 0 N–H and O–H groups in total. The monoisotopic (exact) mass is 340 g/mol. The molecule has 0 aliphatic heterocycles. The van der Waals surface area contributed by atoms with Crippen molar-refractivity contribution in [2.75, 3.05) is 0 Å². The minimum atomic E-state index is -1.90. The van der Waals surface area contributed by atoms with Gasteiger partial charge in [-0.2, -0.15) is 0 Å². The molecule has 0 fully saturated rings. The first kappa shape index (κ1) is 17.0. The fourth-order valence-corrected chi connectivity index (χ4v) is 2.60. The molecule has 118 valence electrons. The molecule has 4 nitrogen and oxygen atoms in total. The first-order chi connectivity index (χ1) is 10.6. The molecule has 0 amide bonds. The Hall–Kier alpha value is -1.40. The molecule has 3 atom stereocenters. The smallest absolute Gasteiger partial charge is 0.258 e. The van der Waals surface area contributed by atoms with Gasteiger partial charge in [-0.1, -0.05) is 48.5 Å². The summed E-state index contributed by atoms with van der Waals surface area (Å²) in [5.74, 6) is 0.695. The van der Waals surface area contributed by atoms with Crippen LogP contribution in [-0.4, -0.2) is 16.8 Å². The number of hydrogen-bond donors (Lipinski definition) is 0. The summed E-state index contributed by atoms with van der Waals surface area (Å²) in [6, 6.07) is 17.6. The Balaban J connectivity index is 2.08. The van der Waals surface area contributed by atoms with Crippen molar-refractivity contribution in [1.29, 1.82) is 0 Å². The third-order valence-corrected chi connectivity index (χ3v) is 3.50. The highest BCUT2D eigenvalue weighted by molar-refractivity contribution is 8.04. The van der Waals surface area contributed by atoms with E-state index in [0.29, 0.717) is 5.75 Å². The van der Waals surface area contributed by atoms with Crippen molar-refractivity contribution < 1.29 is 17.9 Å². The van der Waals surface area contributed by atoms with E-state index in [1.807, 2.05) is 54.6 Å². The quantitative estimate of drug-likeness (QED) is 0.557. The maximum absolute atomic E-state index is 10.8.